The van der Waals surface area contributed by atoms with Crippen molar-refractivity contribution >= 4 is 5.69 Å². The van der Waals surface area contributed by atoms with Gasteiger partial charge < -0.3 is 10.1 Å². The molecule has 0 amide bonds. The minimum absolute atomic E-state index is 0.438. The van der Waals surface area contributed by atoms with Gasteiger partial charge in [-0.15, -0.1) is 0 Å². The molecule has 2 aromatic rings. The third-order valence-electron chi connectivity index (χ3n) is 5.98. The molecule has 4 nitrogen and oxygen atoms in total. The van der Waals surface area contributed by atoms with E-state index in [9.17, 15) is 0 Å². The number of hydrogen-bond donors (Lipinski definition) is 1. The van der Waals surface area contributed by atoms with Gasteiger partial charge in [-0.3, -0.25) is 9.88 Å². The third kappa shape index (κ3) is 4.27. The lowest BCUT2D eigenvalue weighted by Crippen LogP contribution is -2.39. The van der Waals surface area contributed by atoms with Crippen LogP contribution in [0.25, 0.3) is 0 Å². The number of aryl methyl sites for hydroxylation is 2. The second-order valence-corrected chi connectivity index (χ2v) is 8.16. The van der Waals surface area contributed by atoms with Gasteiger partial charge in [-0.05, 0) is 75.4 Å². The van der Waals surface area contributed by atoms with Crippen molar-refractivity contribution in [3.05, 3.63) is 52.8 Å². The first-order valence-corrected chi connectivity index (χ1v) is 10.3. The molecule has 3 heterocycles. The highest BCUT2D eigenvalue weighted by Gasteiger charge is 2.25. The van der Waals surface area contributed by atoms with Gasteiger partial charge in [-0.2, -0.15) is 0 Å². The summed E-state index contributed by atoms with van der Waals surface area (Å²) in [5.41, 5.74) is 6.09. The molecule has 27 heavy (non-hydrogen) atoms. The van der Waals surface area contributed by atoms with Gasteiger partial charge in [-0.25, -0.2) is 0 Å². The molecule has 1 saturated heterocycles. The Morgan fingerprint density at radius 1 is 1.22 bits per heavy atom. The number of rotatable bonds is 5. The molecule has 4 heteroatoms. The van der Waals surface area contributed by atoms with Crippen LogP contribution in [0.2, 0.25) is 0 Å². The summed E-state index contributed by atoms with van der Waals surface area (Å²) in [5.74, 6) is 1.78. The summed E-state index contributed by atoms with van der Waals surface area (Å²) in [7, 11) is 0. The lowest BCUT2D eigenvalue weighted by atomic mass is 9.94. The lowest BCUT2D eigenvalue weighted by Gasteiger charge is -2.37. The molecule has 0 radical (unpaired) electrons. The molecular formula is C23H31N3O. The quantitative estimate of drug-likeness (QED) is 0.845. The largest absolute Gasteiger partial charge is 0.493 e. The smallest absolute Gasteiger partial charge is 0.122 e. The van der Waals surface area contributed by atoms with Crippen LogP contribution in [0.3, 0.4) is 0 Å². The number of pyridine rings is 1. The Balaban J connectivity index is 1.37. The zero-order chi connectivity index (χ0) is 18.8. The Labute approximate surface area is 162 Å². The van der Waals surface area contributed by atoms with Gasteiger partial charge in [0.25, 0.3) is 0 Å². The first-order chi connectivity index (χ1) is 13.1. The van der Waals surface area contributed by atoms with Crippen LogP contribution in [-0.4, -0.2) is 36.1 Å². The molecular weight excluding hydrogens is 334 g/mol. The average Bonchev–Trinajstić information content (AvgIpc) is 3.13. The highest BCUT2D eigenvalue weighted by Crippen LogP contribution is 2.32. The summed E-state index contributed by atoms with van der Waals surface area (Å²) < 4.78 is 5.77. The van der Waals surface area contributed by atoms with E-state index in [-0.39, 0.29) is 0 Å². The van der Waals surface area contributed by atoms with Gasteiger partial charge in [0.1, 0.15) is 5.75 Å². The summed E-state index contributed by atoms with van der Waals surface area (Å²) in [6, 6.07) is 11.5. The van der Waals surface area contributed by atoms with E-state index in [4.69, 9.17) is 4.74 Å². The molecule has 0 bridgehead atoms. The number of likely N-dealkylation sites (tertiary alicyclic amines) is 1. The van der Waals surface area contributed by atoms with Gasteiger partial charge >= 0.3 is 0 Å². The number of piperidine rings is 1. The fourth-order valence-corrected chi connectivity index (χ4v) is 4.47. The molecule has 0 aliphatic carbocycles. The van der Waals surface area contributed by atoms with Crippen LogP contribution in [0.1, 0.15) is 48.3 Å². The van der Waals surface area contributed by atoms with Crippen molar-refractivity contribution in [1.29, 1.82) is 0 Å². The zero-order valence-corrected chi connectivity index (χ0v) is 16.8. The maximum atomic E-state index is 5.77. The fraction of sp³-hybridized carbons (Fsp3) is 0.522. The highest BCUT2D eigenvalue weighted by molar-refractivity contribution is 5.45. The molecule has 2 unspecified atom stereocenters. The molecule has 0 saturated carbocycles. The van der Waals surface area contributed by atoms with E-state index >= 15 is 0 Å². The molecule has 144 valence electrons. The standard InChI is InChI=1S/C23H31N3O/c1-16-11-22(12-17(2)25-16)24-14-19-5-4-9-26(15-19)18(3)21-7-6-20-8-10-27-23(20)13-21/h6-7,11-13,18-19H,4-5,8-10,14-15H2,1-3H3,(H,24,25). The first-order valence-electron chi connectivity index (χ1n) is 10.3. The summed E-state index contributed by atoms with van der Waals surface area (Å²) in [6.07, 6.45) is 3.62. The summed E-state index contributed by atoms with van der Waals surface area (Å²) in [4.78, 5) is 7.10. The number of nitrogens with zero attached hydrogens (tertiary/aromatic N) is 2. The van der Waals surface area contributed by atoms with Gasteiger partial charge in [0.15, 0.2) is 0 Å². The predicted molar refractivity (Wildman–Crippen MR) is 111 cm³/mol. The maximum absolute atomic E-state index is 5.77. The van der Waals surface area contributed by atoms with E-state index in [0.717, 1.165) is 43.3 Å². The minimum atomic E-state index is 0.438. The summed E-state index contributed by atoms with van der Waals surface area (Å²) in [6.45, 7) is 10.6. The van der Waals surface area contributed by atoms with Gasteiger partial charge in [0, 0.05) is 42.6 Å². The van der Waals surface area contributed by atoms with Crippen molar-refractivity contribution in [2.45, 2.75) is 46.1 Å². The number of nitrogens with one attached hydrogen (secondary N) is 1. The van der Waals surface area contributed by atoms with Crippen LogP contribution in [0, 0.1) is 19.8 Å². The Morgan fingerprint density at radius 2 is 2.04 bits per heavy atom. The topological polar surface area (TPSA) is 37.4 Å². The second-order valence-electron chi connectivity index (χ2n) is 8.16. The third-order valence-corrected chi connectivity index (χ3v) is 5.98. The molecule has 1 N–H and O–H groups in total. The Morgan fingerprint density at radius 3 is 2.85 bits per heavy atom. The summed E-state index contributed by atoms with van der Waals surface area (Å²) >= 11 is 0. The van der Waals surface area contributed by atoms with Crippen molar-refractivity contribution in [3.8, 4) is 5.75 Å². The Hall–Kier alpha value is -2.07. The molecule has 1 aromatic carbocycles. The van der Waals surface area contributed by atoms with Gasteiger partial charge in [0.2, 0.25) is 0 Å². The minimum Gasteiger partial charge on any atom is -0.493 e. The molecule has 1 fully saturated rings. The van der Waals surface area contributed by atoms with Crippen LogP contribution in [0.5, 0.6) is 5.75 Å². The van der Waals surface area contributed by atoms with E-state index in [1.165, 1.54) is 36.2 Å². The number of anilines is 1. The monoisotopic (exact) mass is 365 g/mol. The Kier molecular flexibility index (Phi) is 5.35. The number of aromatic nitrogens is 1. The Bertz CT molecular complexity index is 784. The molecule has 2 aliphatic heterocycles. The normalized spacial score (nSPS) is 20.8. The predicted octanol–water partition coefficient (Wildman–Crippen LogP) is 4.52. The molecule has 2 aliphatic rings. The zero-order valence-electron chi connectivity index (χ0n) is 16.8. The van der Waals surface area contributed by atoms with Crippen molar-refractivity contribution in [3.63, 3.8) is 0 Å². The number of fused-ring (bicyclic) bond motifs is 1. The highest BCUT2D eigenvalue weighted by atomic mass is 16.5. The summed E-state index contributed by atoms with van der Waals surface area (Å²) in [5, 5.41) is 3.64. The molecule has 1 aromatic heterocycles. The number of benzene rings is 1. The lowest BCUT2D eigenvalue weighted by molar-refractivity contribution is 0.136. The van der Waals surface area contributed by atoms with Crippen LogP contribution in [0.15, 0.2) is 30.3 Å². The second kappa shape index (κ2) is 7.89. The molecule has 4 rings (SSSR count). The molecule has 0 spiro atoms. The van der Waals surface area contributed by atoms with E-state index in [1.807, 2.05) is 0 Å². The average molecular weight is 366 g/mol. The van der Waals surface area contributed by atoms with E-state index in [1.54, 1.807) is 0 Å². The van der Waals surface area contributed by atoms with Crippen LogP contribution >= 0.6 is 0 Å². The van der Waals surface area contributed by atoms with E-state index < -0.39 is 0 Å². The van der Waals surface area contributed by atoms with Gasteiger partial charge in [-0.1, -0.05) is 12.1 Å². The fourth-order valence-electron chi connectivity index (χ4n) is 4.47. The maximum Gasteiger partial charge on any atom is 0.122 e. The number of hydrogen-bond acceptors (Lipinski definition) is 4. The van der Waals surface area contributed by atoms with Crippen LogP contribution in [0.4, 0.5) is 5.69 Å². The van der Waals surface area contributed by atoms with Crippen molar-refractivity contribution < 1.29 is 4.74 Å². The van der Waals surface area contributed by atoms with Crippen molar-refractivity contribution in [2.24, 2.45) is 5.92 Å². The van der Waals surface area contributed by atoms with Crippen molar-refractivity contribution in [2.75, 3.05) is 31.6 Å². The van der Waals surface area contributed by atoms with Crippen LogP contribution in [-0.2, 0) is 6.42 Å². The van der Waals surface area contributed by atoms with E-state index in [2.05, 4.69) is 66.3 Å². The number of ether oxygens (including phenoxy) is 1. The van der Waals surface area contributed by atoms with E-state index in [0.29, 0.717) is 12.0 Å². The van der Waals surface area contributed by atoms with Crippen molar-refractivity contribution in [1.82, 2.24) is 9.88 Å². The SMILES string of the molecule is Cc1cc(NCC2CCCN(C(C)c3ccc4c(c3)OCC4)C2)cc(C)n1. The van der Waals surface area contributed by atoms with Gasteiger partial charge in [0.05, 0.1) is 6.61 Å². The van der Waals surface area contributed by atoms with Crippen LogP contribution < -0.4 is 10.1 Å². The molecule has 2 atom stereocenters. The first kappa shape index (κ1) is 18.3.